The number of hydrogen-bond acceptors (Lipinski definition) is 2. The molecule has 0 aliphatic carbocycles. The molecule has 2 nitrogen and oxygen atoms in total. The molecule has 0 spiro atoms. The minimum Gasteiger partial charge on any atom is -0.459 e. The Morgan fingerprint density at radius 2 is 1.95 bits per heavy atom. The molecule has 0 unspecified atom stereocenters. The van der Waals surface area contributed by atoms with Crippen LogP contribution >= 0.6 is 22.6 Å². The molecule has 110 valence electrons. The lowest BCUT2D eigenvalue weighted by Gasteiger charge is -2.19. The van der Waals surface area contributed by atoms with E-state index >= 15 is 0 Å². The molecule has 0 fully saturated rings. The maximum atomic E-state index is 6.10. The summed E-state index contributed by atoms with van der Waals surface area (Å²) in [4.78, 5) is 0. The summed E-state index contributed by atoms with van der Waals surface area (Å²) >= 11 is 2.36. The van der Waals surface area contributed by atoms with Gasteiger partial charge in [0.1, 0.15) is 11.3 Å². The third-order valence-corrected chi connectivity index (χ3v) is 3.98. The third kappa shape index (κ3) is 3.55. The number of halogens is 1. The predicted octanol–water partition coefficient (Wildman–Crippen LogP) is 5.08. The molecule has 1 aromatic carbocycles. The smallest absolute Gasteiger partial charge is 0.134 e. The highest BCUT2D eigenvalue weighted by molar-refractivity contribution is 14.1. The summed E-state index contributed by atoms with van der Waals surface area (Å²) in [6.07, 6.45) is 0. The Hall–Kier alpha value is -0.550. The lowest BCUT2D eigenvalue weighted by atomic mass is 9.85. The first-order chi connectivity index (χ1) is 9.29. The van der Waals surface area contributed by atoms with Crippen LogP contribution in [-0.2, 0) is 12.0 Å². The van der Waals surface area contributed by atoms with Crippen molar-refractivity contribution in [2.24, 2.45) is 5.92 Å². The van der Waals surface area contributed by atoms with Crippen molar-refractivity contribution in [1.82, 2.24) is 5.32 Å². The molecule has 0 radical (unpaired) electrons. The summed E-state index contributed by atoms with van der Waals surface area (Å²) in [7, 11) is 0. The molecule has 0 saturated heterocycles. The number of nitrogens with one attached hydrogen (secondary N) is 1. The molecular weight excluding hydrogens is 361 g/mol. The van der Waals surface area contributed by atoms with E-state index in [1.807, 2.05) is 0 Å². The van der Waals surface area contributed by atoms with Crippen molar-refractivity contribution in [3.63, 3.8) is 0 Å². The zero-order chi connectivity index (χ0) is 14.9. The molecule has 0 atom stereocenters. The van der Waals surface area contributed by atoms with E-state index in [1.54, 1.807) is 0 Å². The van der Waals surface area contributed by atoms with Gasteiger partial charge in [-0.1, -0.05) is 34.6 Å². The Balaban J connectivity index is 2.42. The van der Waals surface area contributed by atoms with Crippen molar-refractivity contribution in [3.05, 3.63) is 33.1 Å². The highest BCUT2D eigenvalue weighted by Gasteiger charge is 2.25. The van der Waals surface area contributed by atoms with Gasteiger partial charge < -0.3 is 9.73 Å². The molecule has 20 heavy (non-hydrogen) atoms. The summed E-state index contributed by atoms with van der Waals surface area (Å²) in [5, 5.41) is 4.75. The lowest BCUT2D eigenvalue weighted by molar-refractivity contribution is 0.464. The molecule has 0 aliphatic heterocycles. The minimum atomic E-state index is 0.0878. The standard InChI is InChI=1S/C17H24INO/c1-11(2)9-19-10-15-16(17(3,4)5)13-8-12(18)6-7-14(13)20-15/h6-8,11,19H,9-10H2,1-5H3. The van der Waals surface area contributed by atoms with Crippen LogP contribution in [0, 0.1) is 9.49 Å². The number of benzene rings is 1. The van der Waals surface area contributed by atoms with Crippen molar-refractivity contribution in [3.8, 4) is 0 Å². The average Bonchev–Trinajstić information content (AvgIpc) is 2.65. The average molecular weight is 385 g/mol. The molecule has 3 heteroatoms. The molecule has 1 aromatic heterocycles. The molecular formula is C17H24INO. The maximum Gasteiger partial charge on any atom is 0.134 e. The van der Waals surface area contributed by atoms with Crippen LogP contribution in [0.3, 0.4) is 0 Å². The van der Waals surface area contributed by atoms with Gasteiger partial charge in [-0.15, -0.1) is 0 Å². The fourth-order valence-electron chi connectivity index (χ4n) is 2.54. The van der Waals surface area contributed by atoms with Crippen LogP contribution in [-0.4, -0.2) is 6.54 Å². The second-order valence-corrected chi connectivity index (χ2v) is 8.06. The summed E-state index contributed by atoms with van der Waals surface area (Å²) < 4.78 is 7.35. The molecule has 2 aromatic rings. The van der Waals surface area contributed by atoms with Gasteiger partial charge in [0.25, 0.3) is 0 Å². The Morgan fingerprint density at radius 3 is 2.55 bits per heavy atom. The zero-order valence-corrected chi connectivity index (χ0v) is 15.2. The molecule has 0 aliphatic rings. The van der Waals surface area contributed by atoms with Crippen LogP contribution in [0.5, 0.6) is 0 Å². The van der Waals surface area contributed by atoms with E-state index in [9.17, 15) is 0 Å². The number of fused-ring (bicyclic) bond motifs is 1. The van der Waals surface area contributed by atoms with Gasteiger partial charge in [-0.3, -0.25) is 0 Å². The number of furan rings is 1. The minimum absolute atomic E-state index is 0.0878. The molecule has 0 bridgehead atoms. The van der Waals surface area contributed by atoms with Crippen molar-refractivity contribution in [2.75, 3.05) is 6.54 Å². The van der Waals surface area contributed by atoms with E-state index in [0.717, 1.165) is 24.4 Å². The molecule has 2 rings (SSSR count). The summed E-state index contributed by atoms with van der Waals surface area (Å²) in [5.41, 5.74) is 2.42. The first-order valence-corrected chi connectivity index (χ1v) is 8.29. The van der Waals surface area contributed by atoms with Crippen LogP contribution in [0.4, 0.5) is 0 Å². The normalized spacial score (nSPS) is 12.6. The fourth-order valence-corrected chi connectivity index (χ4v) is 3.03. The van der Waals surface area contributed by atoms with E-state index in [-0.39, 0.29) is 5.41 Å². The molecule has 1 N–H and O–H groups in total. The van der Waals surface area contributed by atoms with Gasteiger partial charge in [0.2, 0.25) is 0 Å². The van der Waals surface area contributed by atoms with Gasteiger partial charge in [0.15, 0.2) is 0 Å². The number of rotatable bonds is 4. The third-order valence-electron chi connectivity index (χ3n) is 3.31. The van der Waals surface area contributed by atoms with E-state index in [0.29, 0.717) is 5.92 Å². The Bertz CT molecular complexity index is 593. The van der Waals surface area contributed by atoms with Crippen LogP contribution in [0.15, 0.2) is 22.6 Å². The van der Waals surface area contributed by atoms with Crippen molar-refractivity contribution < 1.29 is 4.42 Å². The SMILES string of the molecule is CC(C)CNCc1oc2ccc(I)cc2c1C(C)(C)C. The predicted molar refractivity (Wildman–Crippen MR) is 94.2 cm³/mol. The summed E-state index contributed by atoms with van der Waals surface area (Å²) in [5.74, 6) is 1.73. The monoisotopic (exact) mass is 385 g/mol. The fraction of sp³-hybridized carbons (Fsp3) is 0.529. The van der Waals surface area contributed by atoms with Crippen LogP contribution in [0.1, 0.15) is 45.9 Å². The largest absolute Gasteiger partial charge is 0.459 e. The lowest BCUT2D eigenvalue weighted by Crippen LogP contribution is -2.21. The van der Waals surface area contributed by atoms with Crippen molar-refractivity contribution >= 4 is 33.6 Å². The van der Waals surface area contributed by atoms with Gasteiger partial charge >= 0.3 is 0 Å². The van der Waals surface area contributed by atoms with Gasteiger partial charge in [-0.25, -0.2) is 0 Å². The summed E-state index contributed by atoms with van der Waals surface area (Å²) in [6, 6.07) is 6.41. The second kappa shape index (κ2) is 6.06. The van der Waals surface area contributed by atoms with Crippen LogP contribution in [0.25, 0.3) is 11.0 Å². The van der Waals surface area contributed by atoms with Gasteiger partial charge in [0, 0.05) is 14.5 Å². The Labute approximate surface area is 135 Å². The molecule has 0 amide bonds. The van der Waals surface area contributed by atoms with Crippen molar-refractivity contribution in [2.45, 2.75) is 46.6 Å². The number of hydrogen-bond donors (Lipinski definition) is 1. The first kappa shape index (κ1) is 15.8. The Kier molecular flexibility index (Phi) is 4.80. The maximum absolute atomic E-state index is 6.10. The Morgan fingerprint density at radius 1 is 1.25 bits per heavy atom. The quantitative estimate of drug-likeness (QED) is 0.743. The van der Waals surface area contributed by atoms with Gasteiger partial charge in [-0.05, 0) is 58.7 Å². The first-order valence-electron chi connectivity index (χ1n) is 7.21. The zero-order valence-electron chi connectivity index (χ0n) is 13.0. The highest BCUT2D eigenvalue weighted by Crippen LogP contribution is 2.36. The van der Waals surface area contributed by atoms with E-state index < -0.39 is 0 Å². The second-order valence-electron chi connectivity index (χ2n) is 6.82. The van der Waals surface area contributed by atoms with Crippen molar-refractivity contribution in [1.29, 1.82) is 0 Å². The summed E-state index contributed by atoms with van der Waals surface area (Å²) in [6.45, 7) is 13.0. The van der Waals surface area contributed by atoms with E-state index in [1.165, 1.54) is 14.5 Å². The highest BCUT2D eigenvalue weighted by atomic mass is 127. The van der Waals surface area contributed by atoms with E-state index in [2.05, 4.69) is 80.7 Å². The van der Waals surface area contributed by atoms with Crippen LogP contribution < -0.4 is 5.32 Å². The van der Waals surface area contributed by atoms with E-state index in [4.69, 9.17) is 4.42 Å². The van der Waals surface area contributed by atoms with Gasteiger partial charge in [-0.2, -0.15) is 0 Å². The van der Waals surface area contributed by atoms with Crippen LogP contribution in [0.2, 0.25) is 0 Å². The topological polar surface area (TPSA) is 25.2 Å². The molecule has 0 saturated carbocycles. The molecule has 1 heterocycles. The van der Waals surface area contributed by atoms with Gasteiger partial charge in [0.05, 0.1) is 6.54 Å².